The summed E-state index contributed by atoms with van der Waals surface area (Å²) in [4.78, 5) is 14.4. The van der Waals surface area contributed by atoms with Crippen molar-refractivity contribution in [3.8, 4) is 0 Å². The lowest BCUT2D eigenvalue weighted by atomic mass is 9.98. The second-order valence-electron chi connectivity index (χ2n) is 7.26. The van der Waals surface area contributed by atoms with E-state index in [2.05, 4.69) is 8.75 Å². The Hall–Kier alpha value is -2.31. The van der Waals surface area contributed by atoms with Crippen molar-refractivity contribution in [2.75, 3.05) is 7.05 Å². The van der Waals surface area contributed by atoms with Gasteiger partial charge >= 0.3 is 0 Å². The summed E-state index contributed by atoms with van der Waals surface area (Å²) in [6.45, 7) is 4.13. The Kier molecular flexibility index (Phi) is 5.34. The molecule has 0 saturated heterocycles. The molecule has 0 unspecified atom stereocenters. The summed E-state index contributed by atoms with van der Waals surface area (Å²) in [6, 6.07) is 13.5. The summed E-state index contributed by atoms with van der Waals surface area (Å²) in [7, 11) is 1.80. The predicted molar refractivity (Wildman–Crippen MR) is 104 cm³/mol. The fourth-order valence-electron chi connectivity index (χ4n) is 2.76. The van der Waals surface area contributed by atoms with E-state index in [1.807, 2.05) is 42.5 Å². The normalized spacial score (nSPS) is 11.7. The number of aliphatic hydroxyl groups is 1. The molecule has 1 amide bonds. The molecule has 3 aromatic rings. The maximum Gasteiger partial charge on any atom is 0.253 e. The van der Waals surface area contributed by atoms with Crippen LogP contribution in [0.2, 0.25) is 0 Å². The molecule has 26 heavy (non-hydrogen) atoms. The molecule has 0 fully saturated rings. The molecule has 0 spiro atoms. The van der Waals surface area contributed by atoms with Crippen molar-refractivity contribution in [2.45, 2.75) is 38.8 Å². The maximum absolute atomic E-state index is 12.7. The molecule has 136 valence electrons. The summed E-state index contributed by atoms with van der Waals surface area (Å²) in [5.74, 6) is -0.0180. The molecule has 1 heterocycles. The van der Waals surface area contributed by atoms with E-state index in [-0.39, 0.29) is 5.91 Å². The van der Waals surface area contributed by atoms with E-state index in [4.69, 9.17) is 0 Å². The van der Waals surface area contributed by atoms with Gasteiger partial charge in [-0.1, -0.05) is 18.2 Å². The lowest BCUT2D eigenvalue weighted by Gasteiger charge is -2.18. The average Bonchev–Trinajstić information content (AvgIpc) is 3.07. The summed E-state index contributed by atoms with van der Waals surface area (Å²) in [5, 5.41) is 9.82. The number of carbonyl (C=O) groups is 1. The van der Waals surface area contributed by atoms with Gasteiger partial charge in [-0.3, -0.25) is 4.79 Å². The molecule has 0 aliphatic heterocycles. The van der Waals surface area contributed by atoms with Crippen LogP contribution in [0.25, 0.3) is 11.0 Å². The summed E-state index contributed by atoms with van der Waals surface area (Å²) in [6.07, 6.45) is 1.48. The molecule has 0 saturated carbocycles. The van der Waals surface area contributed by atoms with Crippen LogP contribution in [-0.4, -0.2) is 37.3 Å². The number of carbonyl (C=O) groups excluding carboxylic acids is 1. The minimum absolute atomic E-state index is 0.0180. The number of nitrogens with zero attached hydrogens (tertiary/aromatic N) is 3. The largest absolute Gasteiger partial charge is 0.390 e. The van der Waals surface area contributed by atoms with Crippen molar-refractivity contribution < 1.29 is 9.90 Å². The van der Waals surface area contributed by atoms with Crippen molar-refractivity contribution in [1.29, 1.82) is 0 Å². The molecular formula is C20H23N3O2S. The molecule has 0 bridgehead atoms. The zero-order valence-electron chi connectivity index (χ0n) is 15.3. The zero-order valence-corrected chi connectivity index (χ0v) is 16.1. The highest BCUT2D eigenvalue weighted by Gasteiger charge is 2.14. The van der Waals surface area contributed by atoms with E-state index in [1.165, 1.54) is 11.7 Å². The standard InChI is InChI=1S/C20H23N3O2S/c1-20(2,25)11-10-14-4-7-16(8-5-14)19(24)23(3)13-15-6-9-17-18(12-15)22-26-21-17/h4-9,12,25H,10-11,13H2,1-3H3. The summed E-state index contributed by atoms with van der Waals surface area (Å²) in [5.41, 5.74) is 3.88. The van der Waals surface area contributed by atoms with Gasteiger partial charge < -0.3 is 10.0 Å². The van der Waals surface area contributed by atoms with Gasteiger partial charge in [0.1, 0.15) is 11.0 Å². The topological polar surface area (TPSA) is 66.3 Å². The minimum atomic E-state index is -0.678. The number of rotatable bonds is 6. The van der Waals surface area contributed by atoms with Crippen molar-refractivity contribution in [3.05, 3.63) is 59.2 Å². The first-order chi connectivity index (χ1) is 12.3. The Morgan fingerprint density at radius 2 is 1.73 bits per heavy atom. The van der Waals surface area contributed by atoms with Gasteiger partial charge in [-0.2, -0.15) is 8.75 Å². The molecule has 1 aromatic heterocycles. The quantitative estimate of drug-likeness (QED) is 0.720. The van der Waals surface area contributed by atoms with E-state index in [0.29, 0.717) is 18.5 Å². The number of hydrogen-bond acceptors (Lipinski definition) is 5. The van der Waals surface area contributed by atoms with Crippen LogP contribution in [-0.2, 0) is 13.0 Å². The van der Waals surface area contributed by atoms with Crippen molar-refractivity contribution in [1.82, 2.24) is 13.6 Å². The lowest BCUT2D eigenvalue weighted by molar-refractivity contribution is 0.0713. The molecule has 0 aliphatic rings. The Balaban J connectivity index is 1.64. The molecule has 5 nitrogen and oxygen atoms in total. The van der Waals surface area contributed by atoms with E-state index in [9.17, 15) is 9.90 Å². The molecule has 0 radical (unpaired) electrons. The highest BCUT2D eigenvalue weighted by molar-refractivity contribution is 7.00. The molecular weight excluding hydrogens is 346 g/mol. The second kappa shape index (κ2) is 7.51. The first-order valence-corrected chi connectivity index (χ1v) is 9.33. The fraction of sp³-hybridized carbons (Fsp3) is 0.350. The SMILES string of the molecule is CN(Cc1ccc2nsnc2c1)C(=O)c1ccc(CCC(C)(C)O)cc1. The number of amides is 1. The van der Waals surface area contributed by atoms with Gasteiger partial charge in [0.15, 0.2) is 0 Å². The van der Waals surface area contributed by atoms with Crippen LogP contribution >= 0.6 is 11.7 Å². The van der Waals surface area contributed by atoms with E-state index >= 15 is 0 Å². The van der Waals surface area contributed by atoms with Crippen molar-refractivity contribution in [2.24, 2.45) is 0 Å². The summed E-state index contributed by atoms with van der Waals surface area (Å²) < 4.78 is 8.44. The third kappa shape index (κ3) is 4.65. The van der Waals surface area contributed by atoms with Gasteiger partial charge in [-0.05, 0) is 62.1 Å². The molecule has 2 aromatic carbocycles. The lowest BCUT2D eigenvalue weighted by Crippen LogP contribution is -2.26. The van der Waals surface area contributed by atoms with E-state index < -0.39 is 5.60 Å². The summed E-state index contributed by atoms with van der Waals surface area (Å²) >= 11 is 1.19. The molecule has 1 N–H and O–H groups in total. The third-order valence-corrected chi connectivity index (χ3v) is 4.87. The second-order valence-corrected chi connectivity index (χ2v) is 7.79. The molecule has 3 rings (SSSR count). The van der Waals surface area contributed by atoms with Gasteiger partial charge in [0.25, 0.3) is 5.91 Å². The number of aryl methyl sites for hydroxylation is 1. The zero-order chi connectivity index (χ0) is 18.7. The third-order valence-electron chi connectivity index (χ3n) is 4.31. The van der Waals surface area contributed by atoms with Crippen LogP contribution in [0, 0.1) is 0 Å². The number of fused-ring (bicyclic) bond motifs is 1. The van der Waals surface area contributed by atoms with E-state index in [0.717, 1.165) is 28.6 Å². The van der Waals surface area contributed by atoms with Gasteiger partial charge in [0.05, 0.1) is 17.3 Å². The Labute approximate surface area is 157 Å². The fourth-order valence-corrected chi connectivity index (χ4v) is 3.27. The Morgan fingerprint density at radius 3 is 2.42 bits per heavy atom. The number of aromatic nitrogens is 2. The number of hydrogen-bond donors (Lipinski definition) is 1. The van der Waals surface area contributed by atoms with Crippen molar-refractivity contribution >= 4 is 28.7 Å². The van der Waals surface area contributed by atoms with Crippen LogP contribution in [0.1, 0.15) is 41.8 Å². The van der Waals surface area contributed by atoms with Crippen LogP contribution < -0.4 is 0 Å². The highest BCUT2D eigenvalue weighted by Crippen LogP contribution is 2.17. The van der Waals surface area contributed by atoms with Gasteiger partial charge in [0.2, 0.25) is 0 Å². The van der Waals surface area contributed by atoms with Gasteiger partial charge in [0, 0.05) is 19.2 Å². The maximum atomic E-state index is 12.7. The number of benzene rings is 2. The Bertz CT molecular complexity index is 897. The molecule has 0 atom stereocenters. The van der Waals surface area contributed by atoms with Gasteiger partial charge in [-0.25, -0.2) is 0 Å². The van der Waals surface area contributed by atoms with Crippen molar-refractivity contribution in [3.63, 3.8) is 0 Å². The highest BCUT2D eigenvalue weighted by atomic mass is 32.1. The first kappa shape index (κ1) is 18.5. The van der Waals surface area contributed by atoms with Gasteiger partial charge in [-0.15, -0.1) is 0 Å². The average molecular weight is 369 g/mol. The van der Waals surface area contributed by atoms with Crippen LogP contribution in [0.5, 0.6) is 0 Å². The van der Waals surface area contributed by atoms with Crippen LogP contribution in [0.4, 0.5) is 0 Å². The first-order valence-electron chi connectivity index (χ1n) is 8.60. The Morgan fingerprint density at radius 1 is 1.08 bits per heavy atom. The molecule has 6 heteroatoms. The monoisotopic (exact) mass is 369 g/mol. The molecule has 0 aliphatic carbocycles. The van der Waals surface area contributed by atoms with E-state index in [1.54, 1.807) is 25.8 Å². The smallest absolute Gasteiger partial charge is 0.253 e. The minimum Gasteiger partial charge on any atom is -0.390 e. The van der Waals surface area contributed by atoms with Crippen LogP contribution in [0.15, 0.2) is 42.5 Å². The van der Waals surface area contributed by atoms with Crippen LogP contribution in [0.3, 0.4) is 0 Å². The predicted octanol–water partition coefficient (Wildman–Crippen LogP) is 3.67.